The minimum atomic E-state index is -0.381. The molecule has 0 aromatic carbocycles. The molecule has 0 aliphatic heterocycles. The molecule has 1 aliphatic rings. The molecule has 0 bridgehead atoms. The first-order valence-electron chi connectivity index (χ1n) is 9.00. The first-order valence-corrected chi connectivity index (χ1v) is 11.7. The Labute approximate surface area is 178 Å². The van der Waals surface area contributed by atoms with Gasteiger partial charge in [0.05, 0.1) is 16.0 Å². The van der Waals surface area contributed by atoms with Crippen molar-refractivity contribution in [1.29, 1.82) is 0 Å². The maximum absolute atomic E-state index is 13.1. The van der Waals surface area contributed by atoms with Crippen LogP contribution in [0.5, 0.6) is 0 Å². The number of nitrogens with one attached hydrogen (secondary N) is 2. The van der Waals surface area contributed by atoms with Gasteiger partial charge in [-0.2, -0.15) is 0 Å². The van der Waals surface area contributed by atoms with Crippen molar-refractivity contribution >= 4 is 56.5 Å². The number of allylic oxidation sites excluding steroid dienone is 1. The van der Waals surface area contributed by atoms with Gasteiger partial charge in [-0.15, -0.1) is 29.3 Å². The summed E-state index contributed by atoms with van der Waals surface area (Å²) in [5, 5.41) is 2.97. The molecule has 3 aromatic rings. The van der Waals surface area contributed by atoms with Crippen molar-refractivity contribution in [3.63, 3.8) is 0 Å². The molecule has 0 radical (unpaired) electrons. The van der Waals surface area contributed by atoms with Crippen LogP contribution in [0.2, 0.25) is 0 Å². The Hall–Kier alpha value is -2.43. The number of fused-ring (bicyclic) bond motifs is 3. The minimum Gasteiger partial charge on any atom is -0.283 e. The Morgan fingerprint density at radius 2 is 2.21 bits per heavy atom. The van der Waals surface area contributed by atoms with E-state index in [1.165, 1.54) is 16.2 Å². The summed E-state index contributed by atoms with van der Waals surface area (Å²) in [6, 6.07) is 3.44. The maximum Gasteiger partial charge on any atom is 0.279 e. The average molecular weight is 447 g/mol. The fourth-order valence-electron chi connectivity index (χ4n) is 3.22. The summed E-state index contributed by atoms with van der Waals surface area (Å²) < 4.78 is 1.56. The van der Waals surface area contributed by atoms with E-state index in [1.807, 2.05) is 0 Å². The van der Waals surface area contributed by atoms with Gasteiger partial charge in [-0.3, -0.25) is 29.8 Å². The van der Waals surface area contributed by atoms with Crippen molar-refractivity contribution in [2.45, 2.75) is 31.0 Å². The van der Waals surface area contributed by atoms with Gasteiger partial charge in [0.15, 0.2) is 5.16 Å². The number of amides is 2. The van der Waals surface area contributed by atoms with E-state index in [4.69, 9.17) is 0 Å². The first-order chi connectivity index (χ1) is 14.1. The first kappa shape index (κ1) is 19.9. The molecule has 1 aliphatic carbocycles. The number of carbonyl (C=O) groups is 2. The van der Waals surface area contributed by atoms with Crippen LogP contribution in [0.15, 0.2) is 40.1 Å². The molecule has 3 heterocycles. The van der Waals surface area contributed by atoms with Crippen LogP contribution in [0.4, 0.5) is 0 Å². The van der Waals surface area contributed by atoms with Crippen molar-refractivity contribution in [2.75, 3.05) is 5.75 Å². The van der Waals surface area contributed by atoms with Gasteiger partial charge >= 0.3 is 0 Å². The third-order valence-electron chi connectivity index (χ3n) is 4.49. The predicted octanol–water partition coefficient (Wildman–Crippen LogP) is 2.75. The molecule has 0 saturated carbocycles. The van der Waals surface area contributed by atoms with E-state index < -0.39 is 0 Å². The summed E-state index contributed by atoms with van der Waals surface area (Å²) in [6.45, 7) is 4.05. The number of aromatic nitrogens is 2. The lowest BCUT2D eigenvalue weighted by Gasteiger charge is -2.11. The lowest BCUT2D eigenvalue weighted by Crippen LogP contribution is -2.42. The molecule has 29 heavy (non-hydrogen) atoms. The summed E-state index contributed by atoms with van der Waals surface area (Å²) in [7, 11) is 0. The Kier molecular flexibility index (Phi) is 5.84. The van der Waals surface area contributed by atoms with Gasteiger partial charge in [0.1, 0.15) is 4.83 Å². The second kappa shape index (κ2) is 8.52. The Bertz CT molecular complexity index is 1150. The van der Waals surface area contributed by atoms with Gasteiger partial charge in [-0.25, -0.2) is 4.98 Å². The Morgan fingerprint density at radius 1 is 1.34 bits per heavy atom. The SMILES string of the molecule is C=CCn1c(SCC(=O)NNC(=O)c2cccs2)nc2sc3c(c2c1=O)CCC3. The summed E-state index contributed by atoms with van der Waals surface area (Å²) in [6.07, 6.45) is 4.63. The molecule has 150 valence electrons. The normalized spacial score (nSPS) is 12.7. The van der Waals surface area contributed by atoms with Crippen LogP contribution < -0.4 is 16.4 Å². The summed E-state index contributed by atoms with van der Waals surface area (Å²) >= 11 is 4.02. The average Bonchev–Trinajstić information content (AvgIpc) is 3.44. The monoisotopic (exact) mass is 446 g/mol. The molecule has 0 unspecified atom stereocenters. The number of hydrogen-bond donors (Lipinski definition) is 2. The highest BCUT2D eigenvalue weighted by Gasteiger charge is 2.23. The highest BCUT2D eigenvalue weighted by Crippen LogP contribution is 2.35. The van der Waals surface area contributed by atoms with Crippen molar-refractivity contribution in [3.8, 4) is 0 Å². The molecule has 0 spiro atoms. The zero-order valence-corrected chi connectivity index (χ0v) is 17.8. The standard InChI is InChI=1S/C19H18N4O3S3/c1-2-8-23-18(26)15-11-5-3-6-12(11)29-17(15)20-19(23)28-10-14(24)21-22-16(25)13-7-4-9-27-13/h2,4,7,9H,1,3,5-6,8,10H2,(H,21,24)(H,22,25). The molecular weight excluding hydrogens is 428 g/mol. The van der Waals surface area contributed by atoms with Crippen LogP contribution >= 0.6 is 34.4 Å². The molecule has 10 heteroatoms. The molecule has 2 amide bonds. The molecule has 0 fully saturated rings. The third-order valence-corrected chi connectivity index (χ3v) is 7.52. The molecule has 7 nitrogen and oxygen atoms in total. The topological polar surface area (TPSA) is 93.1 Å². The van der Waals surface area contributed by atoms with Gasteiger partial charge in [-0.1, -0.05) is 23.9 Å². The van der Waals surface area contributed by atoms with Crippen LogP contribution in [0, 0.1) is 0 Å². The number of thiophene rings is 2. The van der Waals surface area contributed by atoms with Crippen LogP contribution in [0.25, 0.3) is 10.2 Å². The van der Waals surface area contributed by atoms with E-state index >= 15 is 0 Å². The molecule has 2 N–H and O–H groups in total. The van der Waals surface area contributed by atoms with Crippen LogP contribution in [0.1, 0.15) is 26.5 Å². The fourth-order valence-corrected chi connectivity index (χ4v) is 5.95. The third kappa shape index (κ3) is 4.00. The van der Waals surface area contributed by atoms with Crippen molar-refractivity contribution < 1.29 is 9.59 Å². The number of carbonyl (C=O) groups excluding carboxylic acids is 2. The number of nitrogens with zero attached hydrogens (tertiary/aromatic N) is 2. The van der Waals surface area contributed by atoms with E-state index in [9.17, 15) is 14.4 Å². The summed E-state index contributed by atoms with van der Waals surface area (Å²) in [5.74, 6) is -0.729. The number of aryl methyl sites for hydroxylation is 2. The smallest absolute Gasteiger partial charge is 0.279 e. The van der Waals surface area contributed by atoms with E-state index in [1.54, 1.807) is 39.5 Å². The number of rotatable bonds is 6. The van der Waals surface area contributed by atoms with Gasteiger partial charge in [0, 0.05) is 11.4 Å². The Morgan fingerprint density at radius 3 is 2.97 bits per heavy atom. The van der Waals surface area contributed by atoms with E-state index in [-0.39, 0.29) is 23.1 Å². The summed E-state index contributed by atoms with van der Waals surface area (Å²) in [4.78, 5) is 44.2. The van der Waals surface area contributed by atoms with Gasteiger partial charge in [0.2, 0.25) is 5.91 Å². The molecular formula is C19H18N4O3S3. The van der Waals surface area contributed by atoms with E-state index in [2.05, 4.69) is 22.4 Å². The lowest BCUT2D eigenvalue weighted by atomic mass is 10.2. The minimum absolute atomic E-state index is 0.0187. The quantitative estimate of drug-likeness (QED) is 0.263. The van der Waals surface area contributed by atoms with Crippen molar-refractivity contribution in [3.05, 3.63) is 55.8 Å². The van der Waals surface area contributed by atoms with Crippen LogP contribution in [0.3, 0.4) is 0 Å². The fraction of sp³-hybridized carbons (Fsp3) is 0.263. The second-order valence-corrected chi connectivity index (χ2v) is 9.38. The van der Waals surface area contributed by atoms with Crippen molar-refractivity contribution in [1.82, 2.24) is 20.4 Å². The number of thioether (sulfide) groups is 1. The largest absolute Gasteiger partial charge is 0.283 e. The zero-order chi connectivity index (χ0) is 20.4. The van der Waals surface area contributed by atoms with Crippen LogP contribution in [-0.4, -0.2) is 27.1 Å². The number of hydrazine groups is 1. The molecule has 0 saturated heterocycles. The van der Waals surface area contributed by atoms with Crippen LogP contribution in [-0.2, 0) is 24.2 Å². The highest BCUT2D eigenvalue weighted by atomic mass is 32.2. The molecule has 3 aromatic heterocycles. The molecule has 0 atom stereocenters. The van der Waals surface area contributed by atoms with Crippen molar-refractivity contribution in [2.24, 2.45) is 0 Å². The van der Waals surface area contributed by atoms with Gasteiger partial charge in [0.25, 0.3) is 11.5 Å². The number of hydrogen-bond acceptors (Lipinski definition) is 7. The Balaban J connectivity index is 1.49. The summed E-state index contributed by atoms with van der Waals surface area (Å²) in [5.41, 5.74) is 5.82. The zero-order valence-electron chi connectivity index (χ0n) is 15.4. The predicted molar refractivity (Wildman–Crippen MR) is 117 cm³/mol. The van der Waals surface area contributed by atoms with E-state index in [0.29, 0.717) is 22.0 Å². The highest BCUT2D eigenvalue weighted by molar-refractivity contribution is 7.99. The van der Waals surface area contributed by atoms with E-state index in [0.717, 1.165) is 41.4 Å². The van der Waals surface area contributed by atoms with Gasteiger partial charge < -0.3 is 0 Å². The second-order valence-electron chi connectivity index (χ2n) is 6.40. The maximum atomic E-state index is 13.1. The lowest BCUT2D eigenvalue weighted by molar-refractivity contribution is -0.119. The molecule has 4 rings (SSSR count). The van der Waals surface area contributed by atoms with Gasteiger partial charge in [-0.05, 0) is 36.3 Å².